The van der Waals surface area contributed by atoms with Gasteiger partial charge in [0.25, 0.3) is 0 Å². The first kappa shape index (κ1) is 21.2. The summed E-state index contributed by atoms with van der Waals surface area (Å²) in [5, 5.41) is 17.0. The Kier molecular flexibility index (Phi) is 9.30. The molecule has 0 bridgehead atoms. The maximum absolute atomic E-state index is 10.6. The molecule has 1 unspecified atom stereocenters. The molecule has 1 heterocycles. The van der Waals surface area contributed by atoms with Crippen LogP contribution in [-0.2, 0) is 12.0 Å². The SMILES string of the molecule is C=CCNC(=NCC(C)(O)c1ccccc1)NCCc1ccco1.I. The molecular formula is C19H26IN3O2. The number of hydrogen-bond acceptors (Lipinski definition) is 3. The quantitative estimate of drug-likeness (QED) is 0.248. The molecule has 0 saturated heterocycles. The van der Waals surface area contributed by atoms with E-state index >= 15 is 0 Å². The average Bonchev–Trinajstić information content (AvgIpc) is 3.11. The number of halogens is 1. The Hall–Kier alpha value is -1.80. The monoisotopic (exact) mass is 455 g/mol. The number of nitrogens with one attached hydrogen (secondary N) is 2. The molecule has 2 rings (SSSR count). The Bertz CT molecular complexity index is 640. The third kappa shape index (κ3) is 7.31. The zero-order valence-electron chi connectivity index (χ0n) is 14.4. The van der Waals surface area contributed by atoms with Crippen LogP contribution in [0.5, 0.6) is 0 Å². The van der Waals surface area contributed by atoms with Crippen molar-refractivity contribution in [2.45, 2.75) is 18.9 Å². The van der Waals surface area contributed by atoms with E-state index in [1.165, 1.54) is 0 Å². The van der Waals surface area contributed by atoms with Crippen LogP contribution in [0.15, 0.2) is 70.8 Å². The Morgan fingerprint density at radius 2 is 2.00 bits per heavy atom. The van der Waals surface area contributed by atoms with Crippen molar-refractivity contribution in [3.63, 3.8) is 0 Å². The number of benzene rings is 1. The Labute approximate surface area is 166 Å². The van der Waals surface area contributed by atoms with Crippen LogP contribution in [0.4, 0.5) is 0 Å². The van der Waals surface area contributed by atoms with Crippen molar-refractivity contribution in [3.8, 4) is 0 Å². The summed E-state index contributed by atoms with van der Waals surface area (Å²) < 4.78 is 5.31. The molecule has 5 nitrogen and oxygen atoms in total. The van der Waals surface area contributed by atoms with E-state index in [-0.39, 0.29) is 30.5 Å². The lowest BCUT2D eigenvalue weighted by Crippen LogP contribution is -2.40. The van der Waals surface area contributed by atoms with Gasteiger partial charge in [-0.3, -0.25) is 0 Å². The minimum Gasteiger partial charge on any atom is -0.469 e. The summed E-state index contributed by atoms with van der Waals surface area (Å²) in [6.07, 6.45) is 4.19. The Morgan fingerprint density at radius 1 is 1.24 bits per heavy atom. The Balaban J connectivity index is 0.00000312. The van der Waals surface area contributed by atoms with E-state index in [9.17, 15) is 5.11 Å². The van der Waals surface area contributed by atoms with Crippen molar-refractivity contribution < 1.29 is 9.52 Å². The lowest BCUT2D eigenvalue weighted by molar-refractivity contribution is 0.0672. The lowest BCUT2D eigenvalue weighted by atomic mass is 9.96. The molecule has 2 aromatic rings. The second-order valence-corrected chi connectivity index (χ2v) is 5.73. The van der Waals surface area contributed by atoms with E-state index in [0.29, 0.717) is 19.0 Å². The summed E-state index contributed by atoms with van der Waals surface area (Å²) in [7, 11) is 0. The van der Waals surface area contributed by atoms with Crippen molar-refractivity contribution in [3.05, 3.63) is 72.7 Å². The van der Waals surface area contributed by atoms with Crippen molar-refractivity contribution >= 4 is 29.9 Å². The molecule has 6 heteroatoms. The fraction of sp³-hybridized carbons (Fsp3) is 0.316. The molecule has 0 amide bonds. The number of aliphatic hydroxyl groups is 1. The minimum absolute atomic E-state index is 0. The van der Waals surface area contributed by atoms with Gasteiger partial charge in [-0.1, -0.05) is 36.4 Å². The first-order chi connectivity index (χ1) is 11.6. The number of nitrogens with zero attached hydrogens (tertiary/aromatic N) is 1. The van der Waals surface area contributed by atoms with Gasteiger partial charge in [0.15, 0.2) is 5.96 Å². The summed E-state index contributed by atoms with van der Waals surface area (Å²) in [5.74, 6) is 1.56. The van der Waals surface area contributed by atoms with Crippen molar-refractivity contribution in [1.82, 2.24) is 10.6 Å². The highest BCUT2D eigenvalue weighted by molar-refractivity contribution is 14.0. The molecule has 0 saturated carbocycles. The third-order valence-corrected chi connectivity index (χ3v) is 3.60. The van der Waals surface area contributed by atoms with E-state index in [0.717, 1.165) is 17.7 Å². The minimum atomic E-state index is -1.02. The second-order valence-electron chi connectivity index (χ2n) is 5.73. The second kappa shape index (κ2) is 10.9. The first-order valence-electron chi connectivity index (χ1n) is 8.05. The first-order valence-corrected chi connectivity index (χ1v) is 8.05. The van der Waals surface area contributed by atoms with Gasteiger partial charge in [0.2, 0.25) is 0 Å². The van der Waals surface area contributed by atoms with Gasteiger partial charge in [-0.2, -0.15) is 0 Å². The summed E-state index contributed by atoms with van der Waals surface area (Å²) in [6, 6.07) is 13.4. The van der Waals surface area contributed by atoms with E-state index in [1.54, 1.807) is 19.3 Å². The molecule has 0 aliphatic heterocycles. The predicted octanol–water partition coefficient (Wildman–Crippen LogP) is 3.07. The molecule has 0 fully saturated rings. The maximum atomic E-state index is 10.6. The van der Waals surface area contributed by atoms with Gasteiger partial charge in [-0.05, 0) is 24.6 Å². The predicted molar refractivity (Wildman–Crippen MR) is 112 cm³/mol. The maximum Gasteiger partial charge on any atom is 0.191 e. The van der Waals surface area contributed by atoms with Crippen molar-refractivity contribution in [2.75, 3.05) is 19.6 Å². The standard InChI is InChI=1S/C19H25N3O2.HI/c1-3-12-20-18(21-13-11-17-10-7-14-24-17)22-15-19(2,23)16-8-5-4-6-9-16;/h3-10,14,23H,1,11-13,15H2,2H3,(H2,20,21,22);1H. The van der Waals surface area contributed by atoms with E-state index in [1.807, 2.05) is 42.5 Å². The normalized spacial score (nSPS) is 13.4. The lowest BCUT2D eigenvalue weighted by Gasteiger charge is -2.22. The number of aliphatic imine (C=N–C) groups is 1. The topological polar surface area (TPSA) is 69.8 Å². The zero-order valence-corrected chi connectivity index (χ0v) is 16.8. The molecule has 0 aliphatic rings. The van der Waals surface area contributed by atoms with Crippen LogP contribution in [0.25, 0.3) is 0 Å². The van der Waals surface area contributed by atoms with Gasteiger partial charge in [-0.25, -0.2) is 4.99 Å². The molecule has 1 aromatic heterocycles. The summed E-state index contributed by atoms with van der Waals surface area (Å²) in [6.45, 7) is 7.00. The number of furan rings is 1. The molecular weight excluding hydrogens is 429 g/mol. The van der Waals surface area contributed by atoms with Crippen molar-refractivity contribution in [1.29, 1.82) is 0 Å². The number of hydrogen-bond donors (Lipinski definition) is 3. The van der Waals surface area contributed by atoms with E-state index in [2.05, 4.69) is 22.2 Å². The van der Waals surface area contributed by atoms with Crippen LogP contribution in [0.3, 0.4) is 0 Å². The van der Waals surface area contributed by atoms with Gasteiger partial charge in [0.1, 0.15) is 11.4 Å². The summed E-state index contributed by atoms with van der Waals surface area (Å²) >= 11 is 0. The highest BCUT2D eigenvalue weighted by Gasteiger charge is 2.22. The van der Waals surface area contributed by atoms with Gasteiger partial charge in [-0.15, -0.1) is 30.6 Å². The van der Waals surface area contributed by atoms with Crippen LogP contribution in [0.1, 0.15) is 18.2 Å². The van der Waals surface area contributed by atoms with Gasteiger partial charge in [0.05, 0.1) is 12.8 Å². The van der Waals surface area contributed by atoms with Gasteiger partial charge < -0.3 is 20.2 Å². The van der Waals surface area contributed by atoms with Gasteiger partial charge >= 0.3 is 0 Å². The molecule has 1 atom stereocenters. The smallest absolute Gasteiger partial charge is 0.191 e. The van der Waals surface area contributed by atoms with E-state index < -0.39 is 5.60 Å². The molecule has 0 spiro atoms. The molecule has 0 radical (unpaired) electrons. The summed E-state index contributed by atoms with van der Waals surface area (Å²) in [5.41, 5.74) is -0.183. The fourth-order valence-corrected chi connectivity index (χ4v) is 2.22. The average molecular weight is 455 g/mol. The zero-order chi connectivity index (χ0) is 17.3. The Morgan fingerprint density at radius 3 is 2.64 bits per heavy atom. The number of guanidine groups is 1. The molecule has 0 aliphatic carbocycles. The number of rotatable bonds is 8. The van der Waals surface area contributed by atoms with Crippen LogP contribution in [0.2, 0.25) is 0 Å². The van der Waals surface area contributed by atoms with Crippen LogP contribution in [-0.4, -0.2) is 30.7 Å². The highest BCUT2D eigenvalue weighted by atomic mass is 127. The molecule has 3 N–H and O–H groups in total. The highest BCUT2D eigenvalue weighted by Crippen LogP contribution is 2.20. The third-order valence-electron chi connectivity index (χ3n) is 3.60. The molecule has 1 aromatic carbocycles. The fourth-order valence-electron chi connectivity index (χ4n) is 2.22. The summed E-state index contributed by atoms with van der Waals surface area (Å²) in [4.78, 5) is 4.49. The molecule has 136 valence electrons. The van der Waals surface area contributed by atoms with Crippen LogP contribution >= 0.6 is 24.0 Å². The van der Waals surface area contributed by atoms with Crippen molar-refractivity contribution in [2.24, 2.45) is 4.99 Å². The largest absolute Gasteiger partial charge is 0.469 e. The van der Waals surface area contributed by atoms with E-state index in [4.69, 9.17) is 4.42 Å². The van der Waals surface area contributed by atoms with Gasteiger partial charge in [0, 0.05) is 19.5 Å². The van der Waals surface area contributed by atoms with Crippen LogP contribution < -0.4 is 10.6 Å². The molecule has 25 heavy (non-hydrogen) atoms. The van der Waals surface area contributed by atoms with Crippen LogP contribution in [0, 0.1) is 0 Å².